The van der Waals surface area contributed by atoms with Gasteiger partial charge in [-0.3, -0.25) is 4.57 Å². The topological polar surface area (TPSA) is 39.9 Å². The van der Waals surface area contributed by atoms with Crippen molar-refractivity contribution in [1.82, 2.24) is 14.5 Å². The Kier molecular flexibility index (Phi) is 5.75. The molecule has 0 bridgehead atoms. The molecule has 0 aliphatic carbocycles. The van der Waals surface area contributed by atoms with E-state index in [0.29, 0.717) is 16.7 Å². The number of aryl methyl sites for hydroxylation is 2. The number of halogens is 2. The van der Waals surface area contributed by atoms with Crippen LogP contribution in [0.25, 0.3) is 38.9 Å². The van der Waals surface area contributed by atoms with E-state index < -0.39 is 0 Å². The second kappa shape index (κ2) is 9.08. The Bertz CT molecular complexity index is 1760. The van der Waals surface area contributed by atoms with Gasteiger partial charge in [0.15, 0.2) is 0 Å². The molecule has 0 spiro atoms. The summed E-state index contributed by atoms with van der Waals surface area (Å²) in [6.45, 7) is 4.16. The number of para-hydroxylation sites is 1. The van der Waals surface area contributed by atoms with E-state index in [1.165, 1.54) is 0 Å². The van der Waals surface area contributed by atoms with Gasteiger partial charge in [0.25, 0.3) is 0 Å². The largest absolute Gasteiger partial charge is 0.457 e. The number of fused-ring (bicyclic) bond motifs is 3. The van der Waals surface area contributed by atoms with Crippen molar-refractivity contribution >= 4 is 49.3 Å². The van der Waals surface area contributed by atoms with Crippen molar-refractivity contribution in [1.29, 1.82) is 0 Å². The predicted molar refractivity (Wildman–Crippen MR) is 151 cm³/mol. The number of benzene rings is 3. The minimum Gasteiger partial charge on any atom is -0.457 e. The molecule has 36 heavy (non-hydrogen) atoms. The van der Waals surface area contributed by atoms with Crippen LogP contribution < -0.4 is 4.74 Å². The Morgan fingerprint density at radius 1 is 0.778 bits per heavy atom. The van der Waals surface area contributed by atoms with Gasteiger partial charge in [-0.05, 0) is 55.3 Å². The number of ether oxygens (including phenoxy) is 1. The second-order valence-corrected chi connectivity index (χ2v) is 10.0. The van der Waals surface area contributed by atoms with Crippen LogP contribution in [0.15, 0.2) is 95.6 Å². The summed E-state index contributed by atoms with van der Waals surface area (Å²) in [5.41, 5.74) is 6.24. The molecule has 6 aromatic rings. The number of hydrogen-bond acceptors (Lipinski definition) is 3. The van der Waals surface area contributed by atoms with E-state index in [1.54, 1.807) is 12.3 Å². The third-order valence-corrected chi connectivity index (χ3v) is 7.01. The van der Waals surface area contributed by atoms with Gasteiger partial charge in [-0.2, -0.15) is 0 Å². The minimum atomic E-state index is 0.388. The van der Waals surface area contributed by atoms with Crippen molar-refractivity contribution in [3.05, 3.63) is 112 Å². The lowest BCUT2D eigenvalue weighted by Gasteiger charge is -2.12. The molecular formula is C30H21BrClN3O. The normalized spacial score (nSPS) is 11.3. The van der Waals surface area contributed by atoms with Crippen LogP contribution in [-0.2, 0) is 0 Å². The summed E-state index contributed by atoms with van der Waals surface area (Å²) in [7, 11) is 0. The molecule has 0 amide bonds. The summed E-state index contributed by atoms with van der Waals surface area (Å²) in [5.74, 6) is 2.17. The third-order valence-electron chi connectivity index (χ3n) is 6.32. The van der Waals surface area contributed by atoms with Crippen LogP contribution >= 0.6 is 27.5 Å². The first-order chi connectivity index (χ1) is 17.5. The van der Waals surface area contributed by atoms with Crippen molar-refractivity contribution in [3.63, 3.8) is 0 Å². The van der Waals surface area contributed by atoms with Crippen LogP contribution in [0.1, 0.15) is 11.1 Å². The van der Waals surface area contributed by atoms with Crippen LogP contribution in [-0.4, -0.2) is 14.5 Å². The molecule has 0 saturated heterocycles. The SMILES string of the molecule is Cc1cccc(C)c1-c1cc(Oc2ccc3c4ccccc4n(-c4cc(Br)ccn4)c3c2)cc(Cl)n1. The molecule has 0 radical (unpaired) electrons. The van der Waals surface area contributed by atoms with Gasteiger partial charge in [-0.15, -0.1) is 0 Å². The highest BCUT2D eigenvalue weighted by Crippen LogP contribution is 2.36. The molecule has 0 saturated carbocycles. The predicted octanol–water partition coefficient (Wildman–Crippen LogP) is 9.07. The van der Waals surface area contributed by atoms with Gasteiger partial charge in [-0.1, -0.05) is 63.9 Å². The standard InChI is InChI=1S/C30H21BrClN3O/c1-18-6-5-7-19(2)30(18)25-15-22(17-28(32)34-25)36-21-10-11-24-23-8-3-4-9-26(23)35(27(24)16-21)29-14-20(31)12-13-33-29/h3-17H,1-2H3. The number of hydrogen-bond donors (Lipinski definition) is 0. The number of pyridine rings is 2. The maximum absolute atomic E-state index is 6.43. The summed E-state index contributed by atoms with van der Waals surface area (Å²) in [6.07, 6.45) is 1.80. The highest BCUT2D eigenvalue weighted by Gasteiger charge is 2.15. The smallest absolute Gasteiger partial charge is 0.138 e. The van der Waals surface area contributed by atoms with Crippen molar-refractivity contribution in [2.45, 2.75) is 13.8 Å². The van der Waals surface area contributed by atoms with E-state index in [0.717, 1.165) is 54.5 Å². The first-order valence-electron chi connectivity index (χ1n) is 11.5. The Balaban J connectivity index is 1.48. The zero-order valence-electron chi connectivity index (χ0n) is 19.7. The van der Waals surface area contributed by atoms with Crippen molar-refractivity contribution in [2.24, 2.45) is 0 Å². The van der Waals surface area contributed by atoms with E-state index in [4.69, 9.17) is 16.3 Å². The Labute approximate surface area is 222 Å². The van der Waals surface area contributed by atoms with Gasteiger partial charge in [-0.25, -0.2) is 9.97 Å². The van der Waals surface area contributed by atoms with Gasteiger partial charge in [0, 0.05) is 45.2 Å². The molecule has 3 aromatic heterocycles. The van der Waals surface area contributed by atoms with Crippen LogP contribution in [0.5, 0.6) is 11.5 Å². The Hall–Kier alpha value is -3.67. The number of aromatic nitrogens is 3. The maximum Gasteiger partial charge on any atom is 0.138 e. The van der Waals surface area contributed by atoms with Gasteiger partial charge in [0.2, 0.25) is 0 Å². The van der Waals surface area contributed by atoms with E-state index in [9.17, 15) is 0 Å². The highest BCUT2D eigenvalue weighted by molar-refractivity contribution is 9.10. The average Bonchev–Trinajstić information content (AvgIpc) is 3.17. The molecule has 0 aliphatic rings. The third kappa shape index (κ3) is 4.04. The Morgan fingerprint density at radius 3 is 2.36 bits per heavy atom. The second-order valence-electron chi connectivity index (χ2n) is 8.74. The molecule has 0 aliphatic heterocycles. The number of nitrogens with zero attached hydrogens (tertiary/aromatic N) is 3. The molecule has 6 rings (SSSR count). The maximum atomic E-state index is 6.43. The first-order valence-corrected chi connectivity index (χ1v) is 12.7. The summed E-state index contributed by atoms with van der Waals surface area (Å²) >= 11 is 10.0. The van der Waals surface area contributed by atoms with Gasteiger partial charge >= 0.3 is 0 Å². The first kappa shape index (κ1) is 22.8. The van der Waals surface area contributed by atoms with E-state index in [-0.39, 0.29) is 0 Å². The van der Waals surface area contributed by atoms with Crippen molar-refractivity contribution in [3.8, 4) is 28.6 Å². The zero-order chi connectivity index (χ0) is 24.8. The quantitative estimate of drug-likeness (QED) is 0.204. The van der Waals surface area contributed by atoms with Gasteiger partial charge in [0.1, 0.15) is 22.5 Å². The molecule has 3 heterocycles. The lowest BCUT2D eigenvalue weighted by molar-refractivity contribution is 0.483. The molecule has 4 nitrogen and oxygen atoms in total. The Morgan fingerprint density at radius 2 is 1.56 bits per heavy atom. The molecule has 0 atom stereocenters. The molecule has 0 fully saturated rings. The lowest BCUT2D eigenvalue weighted by Crippen LogP contribution is -1.97. The van der Waals surface area contributed by atoms with Crippen LogP contribution in [0.2, 0.25) is 5.15 Å². The molecule has 6 heteroatoms. The van der Waals surface area contributed by atoms with E-state index in [1.807, 2.05) is 42.5 Å². The molecule has 3 aromatic carbocycles. The van der Waals surface area contributed by atoms with E-state index in [2.05, 4.69) is 80.7 Å². The van der Waals surface area contributed by atoms with Crippen LogP contribution in [0.4, 0.5) is 0 Å². The van der Waals surface area contributed by atoms with Gasteiger partial charge in [0.05, 0.1) is 16.7 Å². The van der Waals surface area contributed by atoms with Crippen LogP contribution in [0.3, 0.4) is 0 Å². The van der Waals surface area contributed by atoms with Gasteiger partial charge < -0.3 is 4.74 Å². The van der Waals surface area contributed by atoms with Crippen molar-refractivity contribution in [2.75, 3.05) is 0 Å². The fraction of sp³-hybridized carbons (Fsp3) is 0.0667. The molecule has 0 N–H and O–H groups in total. The molecular weight excluding hydrogens is 534 g/mol. The fourth-order valence-corrected chi connectivity index (χ4v) is 5.31. The van der Waals surface area contributed by atoms with E-state index >= 15 is 0 Å². The summed E-state index contributed by atoms with van der Waals surface area (Å²) < 4.78 is 9.48. The monoisotopic (exact) mass is 553 g/mol. The van der Waals surface area contributed by atoms with Crippen LogP contribution in [0, 0.1) is 13.8 Å². The molecule has 0 unspecified atom stereocenters. The minimum absolute atomic E-state index is 0.388. The highest BCUT2D eigenvalue weighted by atomic mass is 79.9. The lowest BCUT2D eigenvalue weighted by atomic mass is 9.99. The average molecular weight is 555 g/mol. The summed E-state index contributed by atoms with van der Waals surface area (Å²) in [5, 5.41) is 2.67. The zero-order valence-corrected chi connectivity index (χ0v) is 22.0. The molecule has 176 valence electrons. The summed E-state index contributed by atoms with van der Waals surface area (Å²) in [4.78, 5) is 9.21. The van der Waals surface area contributed by atoms with Crippen molar-refractivity contribution < 1.29 is 4.74 Å². The summed E-state index contributed by atoms with van der Waals surface area (Å²) in [6, 6.07) is 28.3. The fourth-order valence-electron chi connectivity index (χ4n) is 4.79. The number of rotatable bonds is 4.